The van der Waals surface area contributed by atoms with Crippen molar-refractivity contribution in [3.8, 4) is 11.3 Å². The molecule has 0 spiro atoms. The molecule has 2 fully saturated rings. The van der Waals surface area contributed by atoms with Crippen molar-refractivity contribution in [1.82, 2.24) is 19.5 Å². The number of anilines is 1. The predicted octanol–water partition coefficient (Wildman–Crippen LogP) is 4.00. The molecule has 0 aliphatic carbocycles. The zero-order valence-corrected chi connectivity index (χ0v) is 17.7. The third kappa shape index (κ3) is 3.75. The second-order valence-corrected chi connectivity index (χ2v) is 9.19. The Balaban J connectivity index is 1.24. The van der Waals surface area contributed by atoms with Crippen LogP contribution in [0, 0.1) is 12.8 Å². The van der Waals surface area contributed by atoms with Crippen LogP contribution in [-0.2, 0) is 4.79 Å². The predicted molar refractivity (Wildman–Crippen MR) is 116 cm³/mol. The summed E-state index contributed by atoms with van der Waals surface area (Å²) in [5.41, 5.74) is 3.32. The molecule has 4 heterocycles. The van der Waals surface area contributed by atoms with Crippen LogP contribution in [-0.4, -0.2) is 51.6 Å². The Kier molecular flexibility index (Phi) is 4.99. The molecule has 3 aromatic rings. The van der Waals surface area contributed by atoms with Crippen LogP contribution in [0.25, 0.3) is 16.2 Å². The maximum absolute atomic E-state index is 12.8. The molecule has 152 valence electrons. The van der Waals surface area contributed by atoms with Crippen LogP contribution in [0.3, 0.4) is 0 Å². The number of hydrogen-bond donors (Lipinski definition) is 0. The van der Waals surface area contributed by atoms with Crippen molar-refractivity contribution < 1.29 is 4.79 Å². The second kappa shape index (κ2) is 7.78. The lowest BCUT2D eigenvalue weighted by Gasteiger charge is -2.35. The van der Waals surface area contributed by atoms with E-state index < -0.39 is 0 Å². The quantitative estimate of drug-likeness (QED) is 0.656. The first kappa shape index (κ1) is 18.6. The molecule has 0 radical (unpaired) electrons. The molecular weight excluding hydrogens is 382 g/mol. The minimum absolute atomic E-state index is 0.182. The molecule has 0 bridgehead atoms. The highest BCUT2D eigenvalue weighted by molar-refractivity contribution is 7.20. The molecule has 29 heavy (non-hydrogen) atoms. The van der Waals surface area contributed by atoms with E-state index in [0.29, 0.717) is 5.91 Å². The first-order valence-corrected chi connectivity index (χ1v) is 11.5. The van der Waals surface area contributed by atoms with Gasteiger partial charge in [0.15, 0.2) is 0 Å². The van der Waals surface area contributed by atoms with Crippen molar-refractivity contribution in [2.24, 2.45) is 5.92 Å². The third-order valence-corrected chi connectivity index (χ3v) is 7.15. The van der Waals surface area contributed by atoms with E-state index in [2.05, 4.69) is 41.0 Å². The Morgan fingerprint density at radius 2 is 1.76 bits per heavy atom. The molecule has 0 atom stereocenters. The van der Waals surface area contributed by atoms with Gasteiger partial charge in [-0.1, -0.05) is 41.2 Å². The van der Waals surface area contributed by atoms with Gasteiger partial charge in [-0.2, -0.15) is 0 Å². The van der Waals surface area contributed by atoms with Crippen molar-refractivity contribution in [2.75, 3.05) is 31.1 Å². The fraction of sp³-hybridized carbons (Fsp3) is 0.500. The van der Waals surface area contributed by atoms with Gasteiger partial charge in [0, 0.05) is 37.7 Å². The number of imidazole rings is 1. The van der Waals surface area contributed by atoms with Crippen molar-refractivity contribution in [2.45, 2.75) is 39.0 Å². The van der Waals surface area contributed by atoms with Gasteiger partial charge in [-0.25, -0.2) is 9.50 Å². The van der Waals surface area contributed by atoms with Gasteiger partial charge in [-0.05, 0) is 39.0 Å². The van der Waals surface area contributed by atoms with Gasteiger partial charge < -0.3 is 9.80 Å². The Morgan fingerprint density at radius 3 is 2.45 bits per heavy atom. The number of amides is 1. The number of carbonyl (C=O) groups is 1. The molecule has 2 aliphatic rings. The van der Waals surface area contributed by atoms with Crippen LogP contribution in [0.1, 0.15) is 37.7 Å². The first-order chi connectivity index (χ1) is 14.2. The first-order valence-electron chi connectivity index (χ1n) is 10.6. The van der Waals surface area contributed by atoms with Crippen molar-refractivity contribution in [3.05, 3.63) is 36.0 Å². The largest absolute Gasteiger partial charge is 0.347 e. The molecule has 2 saturated heterocycles. The van der Waals surface area contributed by atoms with E-state index in [9.17, 15) is 4.79 Å². The number of aryl methyl sites for hydroxylation is 1. The van der Waals surface area contributed by atoms with Crippen LogP contribution >= 0.6 is 11.3 Å². The zero-order chi connectivity index (χ0) is 19.8. The number of fused-ring (bicyclic) bond motifs is 1. The number of piperidine rings is 2. The molecule has 7 heteroatoms. The number of aromatic nitrogens is 3. The molecular formula is C22H27N5OS. The molecule has 6 nitrogen and oxygen atoms in total. The third-order valence-electron chi connectivity index (χ3n) is 6.16. The lowest BCUT2D eigenvalue weighted by Crippen LogP contribution is -2.44. The number of nitrogens with zero attached hydrogens (tertiary/aromatic N) is 5. The van der Waals surface area contributed by atoms with E-state index in [4.69, 9.17) is 10.1 Å². The Labute approximate surface area is 175 Å². The van der Waals surface area contributed by atoms with Crippen molar-refractivity contribution >= 4 is 27.3 Å². The van der Waals surface area contributed by atoms with Crippen molar-refractivity contribution in [3.63, 3.8) is 0 Å². The van der Waals surface area contributed by atoms with Gasteiger partial charge in [0.25, 0.3) is 0 Å². The van der Waals surface area contributed by atoms with Gasteiger partial charge in [-0.3, -0.25) is 4.79 Å². The van der Waals surface area contributed by atoms with E-state index >= 15 is 0 Å². The van der Waals surface area contributed by atoms with Gasteiger partial charge in [0.2, 0.25) is 16.0 Å². The SMILES string of the molecule is Cc1ccc(-c2cn3nc(N4CCC(C(=O)N5CCCCC5)CC4)sc3n2)cc1. The summed E-state index contributed by atoms with van der Waals surface area (Å²) in [6.07, 6.45) is 7.44. The minimum atomic E-state index is 0.182. The van der Waals surface area contributed by atoms with Crippen LogP contribution in [0.5, 0.6) is 0 Å². The molecule has 2 aliphatic heterocycles. The molecule has 2 aromatic heterocycles. The summed E-state index contributed by atoms with van der Waals surface area (Å²) >= 11 is 1.63. The van der Waals surface area contributed by atoms with Gasteiger partial charge in [0.1, 0.15) is 0 Å². The summed E-state index contributed by atoms with van der Waals surface area (Å²) < 4.78 is 1.89. The second-order valence-electron chi connectivity index (χ2n) is 8.25. The number of carbonyl (C=O) groups excluding carboxylic acids is 1. The highest BCUT2D eigenvalue weighted by atomic mass is 32.1. The summed E-state index contributed by atoms with van der Waals surface area (Å²) in [4.78, 5) is 22.9. The molecule has 0 N–H and O–H groups in total. The van der Waals surface area contributed by atoms with E-state index in [1.165, 1.54) is 12.0 Å². The molecule has 0 saturated carbocycles. The van der Waals surface area contributed by atoms with Gasteiger partial charge in [-0.15, -0.1) is 5.10 Å². The Bertz CT molecular complexity index is 963. The van der Waals surface area contributed by atoms with Crippen LogP contribution in [0.2, 0.25) is 0 Å². The number of likely N-dealkylation sites (tertiary alicyclic amines) is 1. The number of hydrogen-bond acceptors (Lipinski definition) is 5. The highest BCUT2D eigenvalue weighted by Crippen LogP contribution is 2.30. The molecule has 1 aromatic carbocycles. The standard InChI is InChI=1S/C22H27N5OS/c1-16-5-7-17(8-6-16)19-15-27-21(23-19)29-22(24-27)26-13-9-18(10-14-26)20(28)25-11-3-2-4-12-25/h5-8,15,18H,2-4,9-14H2,1H3. The zero-order valence-electron chi connectivity index (χ0n) is 16.9. The summed E-state index contributed by atoms with van der Waals surface area (Å²) in [7, 11) is 0. The highest BCUT2D eigenvalue weighted by Gasteiger charge is 2.30. The Morgan fingerprint density at radius 1 is 1.03 bits per heavy atom. The fourth-order valence-electron chi connectivity index (χ4n) is 4.37. The Hall–Kier alpha value is -2.41. The molecule has 5 rings (SSSR count). The lowest BCUT2D eigenvalue weighted by molar-refractivity contribution is -0.137. The van der Waals surface area contributed by atoms with E-state index in [0.717, 1.165) is 73.2 Å². The van der Waals surface area contributed by atoms with Crippen LogP contribution < -0.4 is 4.90 Å². The van der Waals surface area contributed by atoms with Crippen LogP contribution in [0.4, 0.5) is 5.13 Å². The van der Waals surface area contributed by atoms with Gasteiger partial charge >= 0.3 is 0 Å². The number of benzene rings is 1. The maximum atomic E-state index is 12.8. The average Bonchev–Trinajstić information content (AvgIpc) is 3.34. The smallest absolute Gasteiger partial charge is 0.225 e. The lowest BCUT2D eigenvalue weighted by atomic mass is 9.94. The monoisotopic (exact) mass is 409 g/mol. The average molecular weight is 410 g/mol. The summed E-state index contributed by atoms with van der Waals surface area (Å²) in [5.74, 6) is 0.558. The maximum Gasteiger partial charge on any atom is 0.225 e. The topological polar surface area (TPSA) is 53.7 Å². The van der Waals surface area contributed by atoms with E-state index in [1.807, 2.05) is 10.7 Å². The number of rotatable bonds is 3. The molecule has 0 unspecified atom stereocenters. The van der Waals surface area contributed by atoms with Gasteiger partial charge in [0.05, 0.1) is 11.9 Å². The minimum Gasteiger partial charge on any atom is -0.347 e. The molecule has 1 amide bonds. The van der Waals surface area contributed by atoms with Crippen LogP contribution in [0.15, 0.2) is 30.5 Å². The summed E-state index contributed by atoms with van der Waals surface area (Å²) in [6.45, 7) is 5.78. The fourth-order valence-corrected chi connectivity index (χ4v) is 5.31. The summed E-state index contributed by atoms with van der Waals surface area (Å²) in [6, 6.07) is 8.42. The normalized spacial score (nSPS) is 18.5. The summed E-state index contributed by atoms with van der Waals surface area (Å²) in [5, 5.41) is 5.77. The van der Waals surface area contributed by atoms with E-state index in [1.54, 1.807) is 11.3 Å². The van der Waals surface area contributed by atoms with Crippen molar-refractivity contribution in [1.29, 1.82) is 0 Å². The van der Waals surface area contributed by atoms with E-state index in [-0.39, 0.29) is 5.92 Å².